The summed E-state index contributed by atoms with van der Waals surface area (Å²) in [7, 11) is 2.93. The van der Waals surface area contributed by atoms with Crippen LogP contribution in [-0.2, 0) is 0 Å². The van der Waals surface area contributed by atoms with Crippen molar-refractivity contribution in [1.82, 2.24) is 4.98 Å². The van der Waals surface area contributed by atoms with Crippen molar-refractivity contribution >= 4 is 17.4 Å². The number of amides is 1. The molecular formula is C14H14FN3O3. The predicted octanol–water partition coefficient (Wildman–Crippen LogP) is 2.07. The lowest BCUT2D eigenvalue weighted by Crippen LogP contribution is -2.15. The highest BCUT2D eigenvalue weighted by molar-refractivity contribution is 6.07. The first kappa shape index (κ1) is 14.6. The number of hydrogen-bond donors (Lipinski definition) is 2. The summed E-state index contributed by atoms with van der Waals surface area (Å²) in [6, 6.07) is 5.50. The number of rotatable bonds is 4. The van der Waals surface area contributed by atoms with E-state index in [0.717, 1.165) is 6.20 Å². The van der Waals surface area contributed by atoms with Crippen LogP contribution in [0.1, 0.15) is 10.4 Å². The molecule has 110 valence electrons. The molecule has 3 N–H and O–H groups in total. The monoisotopic (exact) mass is 291 g/mol. The number of benzene rings is 1. The van der Waals surface area contributed by atoms with Crippen molar-refractivity contribution < 1.29 is 18.7 Å². The van der Waals surface area contributed by atoms with Crippen LogP contribution in [0, 0.1) is 5.82 Å². The van der Waals surface area contributed by atoms with Crippen molar-refractivity contribution in [3.63, 3.8) is 0 Å². The third kappa shape index (κ3) is 3.19. The SMILES string of the molecule is COc1cc(N)c(C(=O)Nc2ccc(F)cn2)cc1OC. The van der Waals surface area contributed by atoms with Gasteiger partial charge in [0.1, 0.15) is 11.6 Å². The summed E-state index contributed by atoms with van der Waals surface area (Å²) in [6.07, 6.45) is 1.01. The van der Waals surface area contributed by atoms with Gasteiger partial charge in [-0.2, -0.15) is 0 Å². The number of nitrogens with zero attached hydrogens (tertiary/aromatic N) is 1. The van der Waals surface area contributed by atoms with Crippen LogP contribution in [0.4, 0.5) is 15.9 Å². The number of anilines is 2. The van der Waals surface area contributed by atoms with E-state index in [2.05, 4.69) is 10.3 Å². The minimum absolute atomic E-state index is 0.207. The Morgan fingerprint density at radius 3 is 2.48 bits per heavy atom. The van der Waals surface area contributed by atoms with Gasteiger partial charge in [0.2, 0.25) is 0 Å². The van der Waals surface area contributed by atoms with Crippen LogP contribution in [0.15, 0.2) is 30.5 Å². The molecule has 0 aliphatic rings. The fourth-order valence-corrected chi connectivity index (χ4v) is 1.72. The van der Waals surface area contributed by atoms with Gasteiger partial charge in [0.25, 0.3) is 5.91 Å². The van der Waals surface area contributed by atoms with E-state index >= 15 is 0 Å². The van der Waals surface area contributed by atoms with Crippen LogP contribution >= 0.6 is 0 Å². The van der Waals surface area contributed by atoms with E-state index in [9.17, 15) is 9.18 Å². The molecule has 1 heterocycles. The lowest BCUT2D eigenvalue weighted by Gasteiger charge is -2.12. The first-order valence-electron chi connectivity index (χ1n) is 5.99. The van der Waals surface area contributed by atoms with Crippen molar-refractivity contribution in [1.29, 1.82) is 0 Å². The first-order chi connectivity index (χ1) is 10.0. The maximum atomic E-state index is 12.8. The number of nitrogens with one attached hydrogen (secondary N) is 1. The van der Waals surface area contributed by atoms with Gasteiger partial charge in [-0.15, -0.1) is 0 Å². The second kappa shape index (κ2) is 6.08. The molecule has 0 radical (unpaired) electrons. The van der Waals surface area contributed by atoms with Crippen LogP contribution in [0.3, 0.4) is 0 Å². The third-order valence-electron chi connectivity index (χ3n) is 2.77. The average molecular weight is 291 g/mol. The van der Waals surface area contributed by atoms with Crippen LogP contribution in [0.2, 0.25) is 0 Å². The molecule has 21 heavy (non-hydrogen) atoms. The molecule has 0 aliphatic carbocycles. The fourth-order valence-electron chi connectivity index (χ4n) is 1.72. The van der Waals surface area contributed by atoms with E-state index in [-0.39, 0.29) is 17.1 Å². The maximum Gasteiger partial charge on any atom is 0.259 e. The standard InChI is InChI=1S/C14H14FN3O3/c1-20-11-5-9(10(16)6-12(11)21-2)14(19)18-13-4-3-8(15)7-17-13/h3-7H,16H2,1-2H3,(H,17,18,19). The number of methoxy groups -OCH3 is 2. The summed E-state index contributed by atoms with van der Waals surface area (Å²) in [5.74, 6) is 0.0529. The van der Waals surface area contributed by atoms with E-state index in [1.807, 2.05) is 0 Å². The van der Waals surface area contributed by atoms with Gasteiger partial charge in [-0.1, -0.05) is 0 Å². The molecule has 1 aromatic heterocycles. The number of aromatic nitrogens is 1. The number of carbonyl (C=O) groups is 1. The Bertz CT molecular complexity index is 659. The third-order valence-corrected chi connectivity index (χ3v) is 2.77. The van der Waals surface area contributed by atoms with Crippen molar-refractivity contribution in [3.8, 4) is 11.5 Å². The van der Waals surface area contributed by atoms with Crippen molar-refractivity contribution in [2.75, 3.05) is 25.3 Å². The molecule has 0 saturated carbocycles. The summed E-state index contributed by atoms with van der Waals surface area (Å²) < 4.78 is 23.0. The zero-order valence-electron chi connectivity index (χ0n) is 11.5. The lowest BCUT2D eigenvalue weighted by atomic mass is 10.1. The Hall–Kier alpha value is -2.83. The van der Waals surface area contributed by atoms with Crippen molar-refractivity contribution in [2.24, 2.45) is 0 Å². The number of ether oxygens (including phenoxy) is 2. The van der Waals surface area contributed by atoms with Crippen molar-refractivity contribution in [2.45, 2.75) is 0 Å². The number of halogens is 1. The molecule has 1 amide bonds. The molecule has 0 unspecified atom stereocenters. The van der Waals surface area contributed by atoms with Gasteiger partial charge in [-0.25, -0.2) is 9.37 Å². The summed E-state index contributed by atoms with van der Waals surface area (Å²) in [5.41, 5.74) is 6.26. The van der Waals surface area contributed by atoms with Gasteiger partial charge < -0.3 is 20.5 Å². The topological polar surface area (TPSA) is 86.5 Å². The molecule has 6 nitrogen and oxygen atoms in total. The second-order valence-corrected chi connectivity index (χ2v) is 4.11. The minimum atomic E-state index is -0.487. The van der Waals surface area contributed by atoms with E-state index in [4.69, 9.17) is 15.2 Å². The summed E-state index contributed by atoms with van der Waals surface area (Å²) in [4.78, 5) is 15.9. The van der Waals surface area contributed by atoms with Crippen LogP contribution in [0.25, 0.3) is 0 Å². The van der Waals surface area contributed by atoms with E-state index in [0.29, 0.717) is 11.5 Å². The molecule has 0 aliphatic heterocycles. The quantitative estimate of drug-likeness (QED) is 0.842. The molecular weight excluding hydrogens is 277 g/mol. The molecule has 0 bridgehead atoms. The number of nitrogen functional groups attached to an aromatic ring is 1. The van der Waals surface area contributed by atoms with E-state index in [1.165, 1.54) is 38.5 Å². The van der Waals surface area contributed by atoms with Crippen LogP contribution in [-0.4, -0.2) is 25.1 Å². The number of carbonyl (C=O) groups excluding carboxylic acids is 1. The lowest BCUT2D eigenvalue weighted by molar-refractivity contribution is 0.102. The molecule has 0 spiro atoms. The van der Waals surface area contributed by atoms with Gasteiger partial charge in [0.15, 0.2) is 11.5 Å². The predicted molar refractivity (Wildman–Crippen MR) is 76.1 cm³/mol. The van der Waals surface area contributed by atoms with Gasteiger partial charge in [0, 0.05) is 11.8 Å². The highest BCUT2D eigenvalue weighted by Gasteiger charge is 2.15. The Labute approximate surface area is 120 Å². The first-order valence-corrected chi connectivity index (χ1v) is 5.99. The Morgan fingerprint density at radius 2 is 1.90 bits per heavy atom. The van der Waals surface area contributed by atoms with Gasteiger partial charge in [-0.05, 0) is 18.2 Å². The Balaban J connectivity index is 2.28. The summed E-state index contributed by atoms with van der Waals surface area (Å²) in [5, 5.41) is 2.52. The van der Waals surface area contributed by atoms with Crippen molar-refractivity contribution in [3.05, 3.63) is 41.8 Å². The number of pyridine rings is 1. The molecule has 2 rings (SSSR count). The maximum absolute atomic E-state index is 12.8. The Kier molecular flexibility index (Phi) is 4.22. The molecule has 2 aromatic rings. The molecule has 0 fully saturated rings. The summed E-state index contributed by atoms with van der Waals surface area (Å²) >= 11 is 0. The fraction of sp³-hybridized carbons (Fsp3) is 0.143. The van der Waals surface area contributed by atoms with Gasteiger partial charge >= 0.3 is 0 Å². The normalized spacial score (nSPS) is 10.0. The number of nitrogens with two attached hydrogens (primary N) is 1. The smallest absolute Gasteiger partial charge is 0.259 e. The summed E-state index contributed by atoms with van der Waals surface area (Å²) in [6.45, 7) is 0. The van der Waals surface area contributed by atoms with Gasteiger partial charge in [0.05, 0.1) is 26.0 Å². The number of hydrogen-bond acceptors (Lipinski definition) is 5. The van der Waals surface area contributed by atoms with Crippen LogP contribution < -0.4 is 20.5 Å². The van der Waals surface area contributed by atoms with Crippen LogP contribution in [0.5, 0.6) is 11.5 Å². The second-order valence-electron chi connectivity index (χ2n) is 4.11. The highest BCUT2D eigenvalue weighted by atomic mass is 19.1. The average Bonchev–Trinajstić information content (AvgIpc) is 2.49. The van der Waals surface area contributed by atoms with E-state index < -0.39 is 11.7 Å². The zero-order chi connectivity index (χ0) is 15.4. The minimum Gasteiger partial charge on any atom is -0.493 e. The van der Waals surface area contributed by atoms with E-state index in [1.54, 1.807) is 0 Å². The zero-order valence-corrected chi connectivity index (χ0v) is 11.5. The largest absolute Gasteiger partial charge is 0.493 e. The molecule has 0 saturated heterocycles. The molecule has 7 heteroatoms. The van der Waals surface area contributed by atoms with Gasteiger partial charge in [-0.3, -0.25) is 4.79 Å². The highest BCUT2D eigenvalue weighted by Crippen LogP contribution is 2.32. The Morgan fingerprint density at radius 1 is 1.24 bits per heavy atom. The molecule has 0 atom stereocenters. The molecule has 1 aromatic carbocycles.